The van der Waals surface area contributed by atoms with E-state index in [1.54, 1.807) is 32.2 Å². The summed E-state index contributed by atoms with van der Waals surface area (Å²) in [5, 5.41) is 3.72. The Bertz CT molecular complexity index is 1470. The number of hydrogen-bond donors (Lipinski definition) is 2. The first-order valence-corrected chi connectivity index (χ1v) is 11.2. The lowest BCUT2D eigenvalue weighted by molar-refractivity contribution is 0.0952. The molecule has 5 nitrogen and oxygen atoms in total. The highest BCUT2D eigenvalue weighted by molar-refractivity contribution is 6.37. The molecule has 0 fully saturated rings. The number of rotatable bonds is 5. The van der Waals surface area contributed by atoms with Crippen LogP contribution in [-0.2, 0) is 6.54 Å². The molecule has 4 aromatic rings. The maximum Gasteiger partial charge on any atom is 0.253 e. The molecule has 34 heavy (non-hydrogen) atoms. The van der Waals surface area contributed by atoms with E-state index < -0.39 is 17.5 Å². The van der Waals surface area contributed by atoms with Gasteiger partial charge in [-0.15, -0.1) is 0 Å². The second-order valence-electron chi connectivity index (χ2n) is 8.68. The average Bonchev–Trinajstić information content (AvgIpc) is 3.08. The van der Waals surface area contributed by atoms with Gasteiger partial charge in [-0.2, -0.15) is 0 Å². The number of nitrogens with zero attached hydrogens (tertiary/aromatic N) is 1. The van der Waals surface area contributed by atoms with Crippen LogP contribution in [0.3, 0.4) is 0 Å². The van der Waals surface area contributed by atoms with Crippen LogP contribution in [0, 0.1) is 25.5 Å². The topological polar surface area (TPSA) is 66.9 Å². The van der Waals surface area contributed by atoms with Crippen LogP contribution in [-0.4, -0.2) is 15.5 Å². The first-order valence-electron chi connectivity index (χ1n) is 10.8. The van der Waals surface area contributed by atoms with Gasteiger partial charge in [-0.1, -0.05) is 11.6 Å². The van der Waals surface area contributed by atoms with Gasteiger partial charge in [0.25, 0.3) is 11.5 Å². The van der Waals surface area contributed by atoms with Crippen molar-refractivity contribution in [2.24, 2.45) is 0 Å². The van der Waals surface area contributed by atoms with Crippen molar-refractivity contribution < 1.29 is 13.6 Å². The van der Waals surface area contributed by atoms with Crippen LogP contribution >= 0.6 is 11.6 Å². The number of H-pyrrole nitrogens is 1. The number of fused-ring (bicyclic) bond motifs is 1. The number of nitrogens with one attached hydrogen (secondary N) is 2. The van der Waals surface area contributed by atoms with Crippen molar-refractivity contribution in [1.82, 2.24) is 14.9 Å². The van der Waals surface area contributed by atoms with E-state index in [2.05, 4.69) is 10.3 Å². The van der Waals surface area contributed by atoms with Crippen molar-refractivity contribution >= 4 is 28.4 Å². The number of amides is 1. The van der Waals surface area contributed by atoms with E-state index in [0.29, 0.717) is 32.6 Å². The number of halogens is 3. The van der Waals surface area contributed by atoms with Gasteiger partial charge >= 0.3 is 0 Å². The molecule has 0 aliphatic heterocycles. The molecule has 0 atom stereocenters. The van der Waals surface area contributed by atoms with Crippen LogP contribution in [0.4, 0.5) is 8.78 Å². The number of aryl methyl sites for hydroxylation is 2. The molecule has 2 aromatic carbocycles. The smallest absolute Gasteiger partial charge is 0.253 e. The van der Waals surface area contributed by atoms with Crippen molar-refractivity contribution in [1.29, 1.82) is 0 Å². The number of aromatic amines is 1. The highest BCUT2D eigenvalue weighted by Gasteiger charge is 2.20. The highest BCUT2D eigenvalue weighted by atomic mass is 35.5. The summed E-state index contributed by atoms with van der Waals surface area (Å²) in [4.78, 5) is 28.4. The van der Waals surface area contributed by atoms with Gasteiger partial charge in [0.1, 0.15) is 11.6 Å². The summed E-state index contributed by atoms with van der Waals surface area (Å²) < 4.78 is 29.8. The third kappa shape index (κ3) is 4.48. The van der Waals surface area contributed by atoms with Gasteiger partial charge in [0, 0.05) is 41.5 Å². The van der Waals surface area contributed by atoms with E-state index in [9.17, 15) is 18.4 Å². The number of carbonyl (C=O) groups excluding carboxylic acids is 1. The van der Waals surface area contributed by atoms with E-state index in [1.807, 2.05) is 24.5 Å². The molecule has 2 aromatic heterocycles. The maximum absolute atomic E-state index is 13.9. The van der Waals surface area contributed by atoms with Gasteiger partial charge in [0.05, 0.1) is 16.1 Å². The Labute approximate surface area is 200 Å². The molecule has 2 heterocycles. The fourth-order valence-corrected chi connectivity index (χ4v) is 4.50. The molecule has 0 unspecified atom stereocenters. The first-order chi connectivity index (χ1) is 16.0. The lowest BCUT2D eigenvalue weighted by atomic mass is 9.99. The molecule has 0 radical (unpaired) electrons. The fraction of sp³-hybridized carbons (Fsp3) is 0.231. The Kier molecular flexibility index (Phi) is 6.32. The Hall–Kier alpha value is -3.45. The van der Waals surface area contributed by atoms with Crippen molar-refractivity contribution in [2.45, 2.75) is 40.3 Å². The summed E-state index contributed by atoms with van der Waals surface area (Å²) in [5.41, 5.74) is 3.36. The molecule has 176 valence electrons. The fourth-order valence-electron chi connectivity index (χ4n) is 4.20. The summed E-state index contributed by atoms with van der Waals surface area (Å²) in [6.07, 6.45) is 1.73. The summed E-state index contributed by atoms with van der Waals surface area (Å²) >= 11 is 6.53. The standard InChI is InChI=1S/C26H24ClF2N3O2/c1-13(2)32-12-22(27)24-20(25(33)30-11-21-14(3)5-15(4)31-26(21)34)8-17(9-23(24)32)16-6-18(28)10-19(29)7-16/h5-10,12-13H,11H2,1-4H3,(H,30,33)(H,31,34). The number of carbonyl (C=O) groups is 1. The van der Waals surface area contributed by atoms with E-state index >= 15 is 0 Å². The molecule has 8 heteroatoms. The molecule has 0 saturated carbocycles. The van der Waals surface area contributed by atoms with Gasteiger partial charge in [-0.05, 0) is 74.7 Å². The van der Waals surface area contributed by atoms with Gasteiger partial charge in [-0.3, -0.25) is 9.59 Å². The predicted octanol–water partition coefficient (Wildman–Crippen LogP) is 6.06. The minimum absolute atomic E-state index is 0.0170. The zero-order chi connectivity index (χ0) is 24.7. The summed E-state index contributed by atoms with van der Waals surface area (Å²) in [5.74, 6) is -1.88. The molecular formula is C26H24ClF2N3O2. The van der Waals surface area contributed by atoms with Gasteiger partial charge in [0.2, 0.25) is 0 Å². The SMILES string of the molecule is Cc1cc(C)c(CNC(=O)c2cc(-c3cc(F)cc(F)c3)cc3c2c(Cl)cn3C(C)C)c(=O)[nH]1. The van der Waals surface area contributed by atoms with Gasteiger partial charge in [0.15, 0.2) is 0 Å². The second-order valence-corrected chi connectivity index (χ2v) is 9.09. The summed E-state index contributed by atoms with van der Waals surface area (Å²) in [7, 11) is 0. The van der Waals surface area contributed by atoms with Crippen molar-refractivity contribution in [3.8, 4) is 11.1 Å². The van der Waals surface area contributed by atoms with Crippen molar-refractivity contribution in [3.05, 3.63) is 92.0 Å². The number of hydrogen-bond acceptors (Lipinski definition) is 2. The van der Waals surface area contributed by atoms with Crippen LogP contribution in [0.15, 0.2) is 47.4 Å². The van der Waals surface area contributed by atoms with Gasteiger partial charge in [-0.25, -0.2) is 8.78 Å². The van der Waals surface area contributed by atoms with Crippen molar-refractivity contribution in [2.75, 3.05) is 0 Å². The molecule has 0 bridgehead atoms. The average molecular weight is 484 g/mol. The van der Waals surface area contributed by atoms with E-state index in [-0.39, 0.29) is 23.7 Å². The van der Waals surface area contributed by atoms with Crippen molar-refractivity contribution in [3.63, 3.8) is 0 Å². The Morgan fingerprint density at radius 2 is 1.71 bits per heavy atom. The molecule has 2 N–H and O–H groups in total. The van der Waals surface area contributed by atoms with Gasteiger partial charge < -0.3 is 14.9 Å². The van der Waals surface area contributed by atoms with Crippen LogP contribution in [0.5, 0.6) is 0 Å². The Morgan fingerprint density at radius 3 is 2.32 bits per heavy atom. The maximum atomic E-state index is 13.9. The summed E-state index contributed by atoms with van der Waals surface area (Å²) in [6, 6.07) is 8.41. The molecule has 0 spiro atoms. The van der Waals surface area contributed by atoms with Crippen LogP contribution < -0.4 is 10.9 Å². The Morgan fingerprint density at radius 1 is 1.06 bits per heavy atom. The largest absolute Gasteiger partial charge is 0.348 e. The Balaban J connectivity index is 1.83. The molecular weight excluding hydrogens is 460 g/mol. The van der Waals surface area contributed by atoms with E-state index in [4.69, 9.17) is 11.6 Å². The molecule has 0 aliphatic rings. The zero-order valence-corrected chi connectivity index (χ0v) is 20.0. The van der Waals surface area contributed by atoms with Crippen LogP contribution in [0.1, 0.15) is 47.1 Å². The normalized spacial score (nSPS) is 11.4. The molecule has 0 saturated heterocycles. The number of benzene rings is 2. The van der Waals surface area contributed by atoms with E-state index in [1.165, 1.54) is 12.1 Å². The minimum atomic E-state index is -0.715. The molecule has 0 aliphatic carbocycles. The second kappa shape index (κ2) is 9.06. The van der Waals surface area contributed by atoms with Crippen LogP contribution in [0.2, 0.25) is 5.02 Å². The minimum Gasteiger partial charge on any atom is -0.348 e. The lowest BCUT2D eigenvalue weighted by Gasteiger charge is -2.14. The first kappa shape index (κ1) is 23.7. The number of aromatic nitrogens is 2. The van der Waals surface area contributed by atoms with E-state index in [0.717, 1.165) is 17.3 Å². The molecule has 4 rings (SSSR count). The summed E-state index contributed by atoms with van der Waals surface area (Å²) in [6.45, 7) is 7.55. The predicted molar refractivity (Wildman–Crippen MR) is 130 cm³/mol. The highest BCUT2D eigenvalue weighted by Crippen LogP contribution is 2.36. The monoisotopic (exact) mass is 483 g/mol. The number of pyridine rings is 1. The molecule has 1 amide bonds. The quantitative estimate of drug-likeness (QED) is 0.362. The van der Waals surface area contributed by atoms with Crippen LogP contribution in [0.25, 0.3) is 22.0 Å². The lowest BCUT2D eigenvalue weighted by Crippen LogP contribution is -2.28. The third-order valence-electron chi connectivity index (χ3n) is 5.80. The third-order valence-corrected chi connectivity index (χ3v) is 6.09. The zero-order valence-electron chi connectivity index (χ0n) is 19.2.